The van der Waals surface area contributed by atoms with Gasteiger partial charge in [-0.2, -0.15) is 0 Å². The Balaban J connectivity index is 2.38. The molecule has 0 bridgehead atoms. The molecular formula is C10H14N4O. The standard InChI is InChI=1S/C10H14N4O/c1-7-3-4-8(5-11-7)10-9(6-15)14(2)13-12-10/h3-5,12-13,15H,6H2,1-2H3. The van der Waals surface area contributed by atoms with Gasteiger partial charge in [0.1, 0.15) is 0 Å². The lowest BCUT2D eigenvalue weighted by molar-refractivity contribution is 0.241. The van der Waals surface area contributed by atoms with Crippen LogP contribution < -0.4 is 11.0 Å². The number of nitrogens with one attached hydrogen (secondary N) is 2. The SMILES string of the molecule is Cc1ccc(C2=C(CO)N(C)NN2)cn1. The summed E-state index contributed by atoms with van der Waals surface area (Å²) in [4.78, 5) is 4.22. The van der Waals surface area contributed by atoms with Crippen molar-refractivity contribution in [1.29, 1.82) is 0 Å². The van der Waals surface area contributed by atoms with Crippen molar-refractivity contribution in [2.24, 2.45) is 0 Å². The van der Waals surface area contributed by atoms with E-state index < -0.39 is 0 Å². The predicted octanol–water partition coefficient (Wildman–Crippen LogP) is 0.00552. The summed E-state index contributed by atoms with van der Waals surface area (Å²) in [6, 6.07) is 3.92. The summed E-state index contributed by atoms with van der Waals surface area (Å²) in [6.45, 7) is 1.93. The number of aliphatic hydroxyl groups is 1. The number of nitrogens with zero attached hydrogens (tertiary/aromatic N) is 2. The Hall–Kier alpha value is -1.59. The summed E-state index contributed by atoms with van der Waals surface area (Å²) in [6.07, 6.45) is 1.79. The summed E-state index contributed by atoms with van der Waals surface area (Å²) in [5.41, 5.74) is 9.51. The molecule has 0 saturated heterocycles. The quantitative estimate of drug-likeness (QED) is 0.636. The number of rotatable bonds is 2. The minimum absolute atomic E-state index is 0.0142. The first-order valence-electron chi connectivity index (χ1n) is 4.75. The van der Waals surface area contributed by atoms with Crippen molar-refractivity contribution < 1.29 is 5.11 Å². The second-order valence-corrected chi connectivity index (χ2v) is 3.46. The summed E-state index contributed by atoms with van der Waals surface area (Å²) in [7, 11) is 1.84. The van der Waals surface area contributed by atoms with Crippen LogP contribution in [0.5, 0.6) is 0 Å². The number of hydrazine groups is 2. The Morgan fingerprint density at radius 2 is 2.27 bits per heavy atom. The van der Waals surface area contributed by atoms with Gasteiger partial charge in [-0.1, -0.05) is 0 Å². The van der Waals surface area contributed by atoms with Crippen molar-refractivity contribution in [3.63, 3.8) is 0 Å². The number of hydrogen-bond donors (Lipinski definition) is 3. The van der Waals surface area contributed by atoms with Crippen LogP contribution in [0.15, 0.2) is 24.0 Å². The zero-order valence-electron chi connectivity index (χ0n) is 8.78. The van der Waals surface area contributed by atoms with Crippen LogP contribution in [0.25, 0.3) is 5.70 Å². The fraction of sp³-hybridized carbons (Fsp3) is 0.300. The van der Waals surface area contributed by atoms with Crippen LogP contribution in [0.2, 0.25) is 0 Å². The van der Waals surface area contributed by atoms with Crippen LogP contribution in [-0.2, 0) is 0 Å². The van der Waals surface area contributed by atoms with Crippen molar-refractivity contribution in [2.75, 3.05) is 13.7 Å². The van der Waals surface area contributed by atoms with Crippen LogP contribution in [-0.4, -0.2) is 28.8 Å². The van der Waals surface area contributed by atoms with Crippen molar-refractivity contribution >= 4 is 5.70 Å². The van der Waals surface area contributed by atoms with Gasteiger partial charge in [0, 0.05) is 24.5 Å². The van der Waals surface area contributed by atoms with E-state index in [-0.39, 0.29) is 6.61 Å². The largest absolute Gasteiger partial charge is 0.390 e. The molecule has 0 radical (unpaired) electrons. The third kappa shape index (κ3) is 1.79. The van der Waals surface area contributed by atoms with Gasteiger partial charge in [0.25, 0.3) is 0 Å². The van der Waals surface area contributed by atoms with Gasteiger partial charge in [0.15, 0.2) is 0 Å². The zero-order valence-corrected chi connectivity index (χ0v) is 8.78. The molecule has 5 heteroatoms. The van der Waals surface area contributed by atoms with E-state index in [1.165, 1.54) is 0 Å². The van der Waals surface area contributed by atoms with E-state index in [1.807, 2.05) is 26.1 Å². The predicted molar refractivity (Wildman–Crippen MR) is 57.0 cm³/mol. The maximum Gasteiger partial charge on any atom is 0.0866 e. The molecule has 1 aromatic rings. The highest BCUT2D eigenvalue weighted by molar-refractivity contribution is 5.67. The number of likely N-dealkylation sites (N-methyl/N-ethyl adjacent to an activating group) is 1. The summed E-state index contributed by atoms with van der Waals surface area (Å²) >= 11 is 0. The van der Waals surface area contributed by atoms with Gasteiger partial charge in [0.2, 0.25) is 0 Å². The average molecular weight is 206 g/mol. The topological polar surface area (TPSA) is 60.4 Å². The van der Waals surface area contributed by atoms with E-state index in [4.69, 9.17) is 0 Å². The molecule has 0 fully saturated rings. The second-order valence-electron chi connectivity index (χ2n) is 3.46. The Morgan fingerprint density at radius 3 is 2.87 bits per heavy atom. The number of hydrogen-bond acceptors (Lipinski definition) is 5. The van der Waals surface area contributed by atoms with Crippen molar-refractivity contribution in [2.45, 2.75) is 6.92 Å². The maximum absolute atomic E-state index is 9.22. The van der Waals surface area contributed by atoms with Gasteiger partial charge in [-0.25, -0.2) is 0 Å². The molecule has 0 saturated carbocycles. The molecule has 15 heavy (non-hydrogen) atoms. The van der Waals surface area contributed by atoms with Crippen molar-refractivity contribution in [3.8, 4) is 0 Å². The van der Waals surface area contributed by atoms with Gasteiger partial charge in [-0.05, 0) is 19.1 Å². The molecule has 0 unspecified atom stereocenters. The van der Waals surface area contributed by atoms with Crippen molar-refractivity contribution in [1.82, 2.24) is 21.0 Å². The molecule has 0 amide bonds. The first kappa shape index (κ1) is 9.95. The van der Waals surface area contributed by atoms with Crippen LogP contribution in [0.4, 0.5) is 0 Å². The molecule has 0 atom stereocenters. The first-order chi connectivity index (χ1) is 7.22. The molecule has 2 rings (SSSR count). The fourth-order valence-electron chi connectivity index (χ4n) is 1.49. The molecule has 1 aromatic heterocycles. The van der Waals surface area contributed by atoms with Crippen LogP contribution in [0, 0.1) is 6.92 Å². The zero-order chi connectivity index (χ0) is 10.8. The highest BCUT2D eigenvalue weighted by Gasteiger charge is 2.19. The highest BCUT2D eigenvalue weighted by atomic mass is 16.3. The molecule has 5 nitrogen and oxygen atoms in total. The highest BCUT2D eigenvalue weighted by Crippen LogP contribution is 2.19. The van der Waals surface area contributed by atoms with Crippen LogP contribution in [0.1, 0.15) is 11.3 Å². The molecule has 1 aliphatic heterocycles. The number of aromatic nitrogens is 1. The molecule has 80 valence electrons. The monoisotopic (exact) mass is 206 g/mol. The molecule has 3 N–H and O–H groups in total. The Labute approximate surface area is 88.4 Å². The Morgan fingerprint density at radius 1 is 1.47 bits per heavy atom. The Bertz CT molecular complexity index is 385. The molecule has 2 heterocycles. The minimum Gasteiger partial charge on any atom is -0.390 e. The van der Waals surface area contributed by atoms with Gasteiger partial charge in [0.05, 0.1) is 18.0 Å². The van der Waals surface area contributed by atoms with E-state index >= 15 is 0 Å². The third-order valence-corrected chi connectivity index (χ3v) is 2.39. The summed E-state index contributed by atoms with van der Waals surface area (Å²) in [5.74, 6) is 0. The molecule has 1 aliphatic rings. The Kier molecular flexibility index (Phi) is 2.57. The second kappa shape index (κ2) is 3.88. The summed E-state index contributed by atoms with van der Waals surface area (Å²) < 4.78 is 0. The number of aryl methyl sites for hydroxylation is 1. The smallest absolute Gasteiger partial charge is 0.0866 e. The van der Waals surface area contributed by atoms with Gasteiger partial charge >= 0.3 is 0 Å². The first-order valence-corrected chi connectivity index (χ1v) is 4.75. The molecule has 0 aromatic carbocycles. The lowest BCUT2D eigenvalue weighted by Gasteiger charge is -2.11. The minimum atomic E-state index is -0.0142. The van der Waals surface area contributed by atoms with Gasteiger partial charge in [-0.3, -0.25) is 9.99 Å². The molecular weight excluding hydrogens is 192 g/mol. The van der Waals surface area contributed by atoms with Crippen molar-refractivity contribution in [3.05, 3.63) is 35.3 Å². The van der Waals surface area contributed by atoms with E-state index in [0.29, 0.717) is 0 Å². The lowest BCUT2D eigenvalue weighted by Crippen LogP contribution is -2.35. The number of pyridine rings is 1. The number of aliphatic hydroxyl groups excluding tert-OH is 1. The van der Waals surface area contributed by atoms with E-state index in [9.17, 15) is 5.11 Å². The van der Waals surface area contributed by atoms with E-state index in [0.717, 1.165) is 22.7 Å². The van der Waals surface area contributed by atoms with Crippen LogP contribution >= 0.6 is 0 Å². The lowest BCUT2D eigenvalue weighted by atomic mass is 10.1. The third-order valence-electron chi connectivity index (χ3n) is 2.39. The molecule has 0 spiro atoms. The molecule has 0 aliphatic carbocycles. The maximum atomic E-state index is 9.22. The fourth-order valence-corrected chi connectivity index (χ4v) is 1.49. The summed E-state index contributed by atoms with van der Waals surface area (Å²) in [5, 5.41) is 11.0. The van der Waals surface area contributed by atoms with Gasteiger partial charge in [-0.15, -0.1) is 5.53 Å². The van der Waals surface area contributed by atoms with Gasteiger partial charge < -0.3 is 10.5 Å². The van der Waals surface area contributed by atoms with E-state index in [1.54, 1.807) is 11.2 Å². The van der Waals surface area contributed by atoms with E-state index in [2.05, 4.69) is 15.9 Å². The average Bonchev–Trinajstić information content (AvgIpc) is 2.61. The van der Waals surface area contributed by atoms with Crippen LogP contribution in [0.3, 0.4) is 0 Å². The normalized spacial score (nSPS) is 15.8.